The van der Waals surface area contributed by atoms with Gasteiger partial charge in [-0.3, -0.25) is 0 Å². The maximum absolute atomic E-state index is 9.33. The molecule has 0 saturated heterocycles. The summed E-state index contributed by atoms with van der Waals surface area (Å²) in [5, 5.41) is 12.5. The van der Waals surface area contributed by atoms with Crippen molar-refractivity contribution < 1.29 is 5.11 Å². The number of aliphatic hydroxyl groups excluding tert-OH is 1. The molecule has 3 nitrogen and oxygen atoms in total. The first-order valence-electron chi connectivity index (χ1n) is 5.30. The van der Waals surface area contributed by atoms with Crippen LogP contribution in [0.1, 0.15) is 5.56 Å². The summed E-state index contributed by atoms with van der Waals surface area (Å²) in [4.78, 5) is 2.08. The van der Waals surface area contributed by atoms with E-state index >= 15 is 0 Å². The van der Waals surface area contributed by atoms with Gasteiger partial charge in [0, 0.05) is 32.0 Å². The van der Waals surface area contributed by atoms with Crippen LogP contribution in [0.3, 0.4) is 0 Å². The van der Waals surface area contributed by atoms with E-state index in [1.807, 2.05) is 20.2 Å². The minimum Gasteiger partial charge on any atom is -0.390 e. The highest BCUT2D eigenvalue weighted by molar-refractivity contribution is 6.18. The summed E-state index contributed by atoms with van der Waals surface area (Å²) < 4.78 is 0. The molecule has 0 fully saturated rings. The molecule has 2 N–H and O–H groups in total. The zero-order valence-electron chi connectivity index (χ0n) is 10.00. The van der Waals surface area contributed by atoms with E-state index in [1.54, 1.807) is 0 Å². The summed E-state index contributed by atoms with van der Waals surface area (Å²) in [5.74, 6) is 0.252. The SMILES string of the molecule is Cc1cc(NCC(O)CCl)ccc1N(C)C. The molecule has 1 atom stereocenters. The van der Waals surface area contributed by atoms with E-state index in [4.69, 9.17) is 11.6 Å². The van der Waals surface area contributed by atoms with Gasteiger partial charge in [0.2, 0.25) is 0 Å². The molecule has 1 unspecified atom stereocenters. The van der Waals surface area contributed by atoms with Crippen molar-refractivity contribution in [1.29, 1.82) is 0 Å². The predicted octanol–water partition coefficient (Wildman–Crippen LogP) is 2.07. The van der Waals surface area contributed by atoms with Crippen molar-refractivity contribution in [3.63, 3.8) is 0 Å². The Kier molecular flexibility index (Phi) is 4.90. The van der Waals surface area contributed by atoms with E-state index in [1.165, 1.54) is 11.3 Å². The van der Waals surface area contributed by atoms with Crippen LogP contribution in [-0.4, -0.2) is 37.7 Å². The lowest BCUT2D eigenvalue weighted by atomic mass is 10.1. The summed E-state index contributed by atoms with van der Waals surface area (Å²) >= 11 is 5.52. The van der Waals surface area contributed by atoms with Gasteiger partial charge in [-0.15, -0.1) is 11.6 Å². The monoisotopic (exact) mass is 242 g/mol. The standard InChI is InChI=1S/C12H19ClN2O/c1-9-6-10(14-8-11(16)7-13)4-5-12(9)15(2)3/h4-6,11,14,16H,7-8H2,1-3H3. The van der Waals surface area contributed by atoms with Crippen molar-refractivity contribution in [2.45, 2.75) is 13.0 Å². The largest absolute Gasteiger partial charge is 0.390 e. The van der Waals surface area contributed by atoms with Crippen LogP contribution in [0.2, 0.25) is 0 Å². The Bertz CT molecular complexity index is 342. The molecule has 1 aromatic carbocycles. The molecule has 0 aliphatic heterocycles. The van der Waals surface area contributed by atoms with Gasteiger partial charge in [-0.1, -0.05) is 0 Å². The average molecular weight is 243 g/mol. The van der Waals surface area contributed by atoms with E-state index in [2.05, 4.69) is 29.3 Å². The Morgan fingerprint density at radius 1 is 1.44 bits per heavy atom. The zero-order chi connectivity index (χ0) is 12.1. The second-order valence-corrected chi connectivity index (χ2v) is 4.39. The predicted molar refractivity (Wildman–Crippen MR) is 70.7 cm³/mol. The van der Waals surface area contributed by atoms with Gasteiger partial charge in [-0.05, 0) is 30.7 Å². The number of aryl methyl sites for hydroxylation is 1. The van der Waals surface area contributed by atoms with Gasteiger partial charge in [-0.2, -0.15) is 0 Å². The third-order valence-corrected chi connectivity index (χ3v) is 2.75. The number of hydrogen-bond acceptors (Lipinski definition) is 3. The maximum atomic E-state index is 9.33. The van der Waals surface area contributed by atoms with Crippen LogP contribution in [0.4, 0.5) is 11.4 Å². The third kappa shape index (κ3) is 3.58. The van der Waals surface area contributed by atoms with E-state index in [0.717, 1.165) is 5.69 Å². The highest BCUT2D eigenvalue weighted by atomic mass is 35.5. The minimum atomic E-state index is -0.504. The van der Waals surface area contributed by atoms with E-state index in [-0.39, 0.29) is 5.88 Å². The highest BCUT2D eigenvalue weighted by Gasteiger charge is 2.04. The van der Waals surface area contributed by atoms with Crippen LogP contribution < -0.4 is 10.2 Å². The van der Waals surface area contributed by atoms with Gasteiger partial charge in [0.25, 0.3) is 0 Å². The van der Waals surface area contributed by atoms with Gasteiger partial charge in [-0.25, -0.2) is 0 Å². The first-order chi connectivity index (χ1) is 7.54. The number of aliphatic hydroxyl groups is 1. The Morgan fingerprint density at radius 2 is 2.12 bits per heavy atom. The molecule has 0 saturated carbocycles. The third-order valence-electron chi connectivity index (χ3n) is 2.40. The Balaban J connectivity index is 2.66. The van der Waals surface area contributed by atoms with Gasteiger partial charge < -0.3 is 15.3 Å². The molecule has 0 amide bonds. The van der Waals surface area contributed by atoms with Gasteiger partial charge >= 0.3 is 0 Å². The van der Waals surface area contributed by atoms with Crippen molar-refractivity contribution in [3.8, 4) is 0 Å². The zero-order valence-corrected chi connectivity index (χ0v) is 10.8. The molecule has 1 aromatic rings. The topological polar surface area (TPSA) is 35.5 Å². The smallest absolute Gasteiger partial charge is 0.0847 e. The number of halogens is 1. The molecule has 0 aliphatic rings. The van der Waals surface area contributed by atoms with Gasteiger partial charge in [0.05, 0.1) is 12.0 Å². The first-order valence-corrected chi connectivity index (χ1v) is 5.84. The minimum absolute atomic E-state index is 0.252. The summed E-state index contributed by atoms with van der Waals surface area (Å²) in [5.41, 5.74) is 3.41. The van der Waals surface area contributed by atoms with Crippen molar-refractivity contribution in [3.05, 3.63) is 23.8 Å². The lowest BCUT2D eigenvalue weighted by Gasteiger charge is -2.17. The summed E-state index contributed by atoms with van der Waals surface area (Å²) in [6.07, 6.45) is -0.504. The second kappa shape index (κ2) is 5.97. The quantitative estimate of drug-likeness (QED) is 0.776. The molecular weight excluding hydrogens is 224 g/mol. The number of nitrogens with one attached hydrogen (secondary N) is 1. The number of anilines is 2. The van der Waals surface area contributed by atoms with E-state index in [9.17, 15) is 5.11 Å². The van der Waals surface area contributed by atoms with Crippen molar-refractivity contribution >= 4 is 23.0 Å². The molecule has 4 heteroatoms. The fourth-order valence-electron chi connectivity index (χ4n) is 1.56. The molecule has 0 heterocycles. The normalized spacial score (nSPS) is 12.3. The molecule has 16 heavy (non-hydrogen) atoms. The molecule has 0 aliphatic carbocycles. The van der Waals surface area contributed by atoms with Crippen LogP contribution in [0, 0.1) is 6.92 Å². The first kappa shape index (κ1) is 13.1. The number of benzene rings is 1. The summed E-state index contributed by atoms with van der Waals surface area (Å²) in [7, 11) is 4.04. The Labute approximate surface area is 102 Å². The summed E-state index contributed by atoms with van der Waals surface area (Å²) in [6.45, 7) is 2.54. The summed E-state index contributed by atoms with van der Waals surface area (Å²) in [6, 6.07) is 6.13. The molecule has 0 bridgehead atoms. The second-order valence-electron chi connectivity index (χ2n) is 4.08. The molecule has 1 rings (SSSR count). The molecule has 0 aromatic heterocycles. The van der Waals surface area contributed by atoms with Gasteiger partial charge in [0.15, 0.2) is 0 Å². The number of hydrogen-bond donors (Lipinski definition) is 2. The Morgan fingerprint density at radius 3 is 2.62 bits per heavy atom. The fourth-order valence-corrected chi connectivity index (χ4v) is 1.67. The maximum Gasteiger partial charge on any atom is 0.0847 e. The van der Waals surface area contributed by atoms with Crippen molar-refractivity contribution in [1.82, 2.24) is 0 Å². The van der Waals surface area contributed by atoms with Crippen LogP contribution >= 0.6 is 11.6 Å². The van der Waals surface area contributed by atoms with Crippen LogP contribution in [0.5, 0.6) is 0 Å². The molecular formula is C12H19ClN2O. The molecule has 90 valence electrons. The van der Waals surface area contributed by atoms with Crippen LogP contribution in [0.15, 0.2) is 18.2 Å². The van der Waals surface area contributed by atoms with Crippen molar-refractivity contribution in [2.24, 2.45) is 0 Å². The number of nitrogens with zero attached hydrogens (tertiary/aromatic N) is 1. The van der Waals surface area contributed by atoms with Gasteiger partial charge in [0.1, 0.15) is 0 Å². The fraction of sp³-hybridized carbons (Fsp3) is 0.500. The number of rotatable bonds is 5. The molecule has 0 radical (unpaired) electrons. The lowest BCUT2D eigenvalue weighted by Crippen LogP contribution is -2.20. The number of alkyl halides is 1. The van der Waals surface area contributed by atoms with Crippen LogP contribution in [-0.2, 0) is 0 Å². The lowest BCUT2D eigenvalue weighted by molar-refractivity contribution is 0.211. The van der Waals surface area contributed by atoms with Crippen LogP contribution in [0.25, 0.3) is 0 Å². The average Bonchev–Trinajstić information content (AvgIpc) is 2.25. The van der Waals surface area contributed by atoms with Crippen molar-refractivity contribution in [2.75, 3.05) is 36.7 Å². The Hall–Kier alpha value is -0.930. The molecule has 0 spiro atoms. The highest BCUT2D eigenvalue weighted by Crippen LogP contribution is 2.21. The van der Waals surface area contributed by atoms with E-state index < -0.39 is 6.10 Å². The van der Waals surface area contributed by atoms with E-state index in [0.29, 0.717) is 6.54 Å².